The third kappa shape index (κ3) is 3.08. The van der Waals surface area contributed by atoms with Crippen molar-refractivity contribution in [2.24, 2.45) is 5.73 Å². The van der Waals surface area contributed by atoms with Crippen LogP contribution in [0.15, 0.2) is 4.42 Å². The van der Waals surface area contributed by atoms with E-state index in [9.17, 15) is 9.90 Å². The molecule has 0 bridgehead atoms. The van der Waals surface area contributed by atoms with E-state index in [4.69, 9.17) is 10.2 Å². The predicted molar refractivity (Wildman–Crippen MR) is 64.9 cm³/mol. The number of hydrogen-bond donors (Lipinski definition) is 3. The number of carbonyl (C=O) groups is 1. The molecule has 1 heterocycles. The molecule has 4 N–H and O–H groups in total. The fourth-order valence-electron chi connectivity index (χ4n) is 1.60. The first-order chi connectivity index (χ1) is 7.84. The van der Waals surface area contributed by atoms with E-state index in [1.54, 1.807) is 13.8 Å². The van der Waals surface area contributed by atoms with Crippen LogP contribution in [-0.2, 0) is 0 Å². The SMILES string of the molecule is Cc1oc(C)c(C(=O)NCC(N)C(C)O)c1C. The summed E-state index contributed by atoms with van der Waals surface area (Å²) in [5.74, 6) is 1.13. The number of aliphatic hydroxyl groups excluding tert-OH is 1. The third-order valence-corrected chi connectivity index (χ3v) is 2.91. The van der Waals surface area contributed by atoms with Crippen molar-refractivity contribution < 1.29 is 14.3 Å². The van der Waals surface area contributed by atoms with Gasteiger partial charge in [-0.3, -0.25) is 4.79 Å². The summed E-state index contributed by atoms with van der Waals surface area (Å²) < 4.78 is 5.38. The summed E-state index contributed by atoms with van der Waals surface area (Å²) in [5, 5.41) is 11.9. The zero-order valence-electron chi connectivity index (χ0n) is 10.7. The molecule has 1 rings (SSSR count). The molecule has 2 atom stereocenters. The first kappa shape index (κ1) is 13.7. The van der Waals surface area contributed by atoms with Gasteiger partial charge < -0.3 is 20.6 Å². The van der Waals surface area contributed by atoms with Crippen LogP contribution in [0.4, 0.5) is 0 Å². The van der Waals surface area contributed by atoms with E-state index >= 15 is 0 Å². The summed E-state index contributed by atoms with van der Waals surface area (Å²) >= 11 is 0. The molecule has 0 aromatic carbocycles. The molecule has 17 heavy (non-hydrogen) atoms. The molecule has 5 heteroatoms. The maximum Gasteiger partial charge on any atom is 0.255 e. The Hall–Kier alpha value is -1.33. The number of aliphatic hydroxyl groups is 1. The van der Waals surface area contributed by atoms with Gasteiger partial charge in [-0.25, -0.2) is 0 Å². The van der Waals surface area contributed by atoms with E-state index < -0.39 is 12.1 Å². The lowest BCUT2D eigenvalue weighted by atomic mass is 10.1. The largest absolute Gasteiger partial charge is 0.466 e. The lowest BCUT2D eigenvalue weighted by Gasteiger charge is -2.15. The van der Waals surface area contributed by atoms with Crippen LogP contribution in [0.1, 0.15) is 34.4 Å². The molecule has 5 nitrogen and oxygen atoms in total. The van der Waals surface area contributed by atoms with Crippen LogP contribution in [-0.4, -0.2) is 29.7 Å². The Balaban J connectivity index is 2.71. The van der Waals surface area contributed by atoms with E-state index in [1.807, 2.05) is 13.8 Å². The summed E-state index contributed by atoms with van der Waals surface area (Å²) in [4.78, 5) is 11.9. The molecule has 1 aromatic heterocycles. The van der Waals surface area contributed by atoms with Crippen LogP contribution in [0.25, 0.3) is 0 Å². The summed E-state index contributed by atoms with van der Waals surface area (Å²) in [7, 11) is 0. The molecule has 0 aliphatic rings. The molecule has 0 saturated heterocycles. The smallest absolute Gasteiger partial charge is 0.255 e. The van der Waals surface area contributed by atoms with E-state index in [1.165, 1.54) is 0 Å². The maximum atomic E-state index is 11.9. The average Bonchev–Trinajstić information content (AvgIpc) is 2.49. The zero-order valence-corrected chi connectivity index (χ0v) is 10.7. The van der Waals surface area contributed by atoms with Gasteiger partial charge in [0.2, 0.25) is 0 Å². The molecule has 2 unspecified atom stereocenters. The molecule has 0 aliphatic heterocycles. The Labute approximate surface area is 101 Å². The highest BCUT2D eigenvalue weighted by atomic mass is 16.3. The van der Waals surface area contributed by atoms with Gasteiger partial charge in [-0.05, 0) is 27.7 Å². The van der Waals surface area contributed by atoms with Crippen molar-refractivity contribution >= 4 is 5.91 Å². The number of amides is 1. The minimum atomic E-state index is -0.649. The van der Waals surface area contributed by atoms with Crippen LogP contribution >= 0.6 is 0 Å². The van der Waals surface area contributed by atoms with Gasteiger partial charge in [0.25, 0.3) is 5.91 Å². The second-order valence-electron chi connectivity index (χ2n) is 4.33. The molecular formula is C12H20N2O3. The Kier molecular flexibility index (Phi) is 4.31. The van der Waals surface area contributed by atoms with E-state index in [-0.39, 0.29) is 12.5 Å². The van der Waals surface area contributed by atoms with Crippen LogP contribution in [0.2, 0.25) is 0 Å². The Bertz CT molecular complexity index is 410. The quantitative estimate of drug-likeness (QED) is 0.720. The third-order valence-electron chi connectivity index (χ3n) is 2.91. The standard InChI is InChI=1S/C12H20N2O3/c1-6-8(3)17-9(4)11(6)12(16)14-5-10(13)7(2)15/h7,10,15H,5,13H2,1-4H3,(H,14,16). The van der Waals surface area contributed by atoms with Crippen LogP contribution in [0.3, 0.4) is 0 Å². The van der Waals surface area contributed by atoms with Gasteiger partial charge in [-0.2, -0.15) is 0 Å². The summed E-state index contributed by atoms with van der Waals surface area (Å²) in [5.41, 5.74) is 7.03. The first-order valence-electron chi connectivity index (χ1n) is 5.63. The maximum absolute atomic E-state index is 11.9. The minimum absolute atomic E-state index is 0.215. The molecule has 1 aromatic rings. The Morgan fingerprint density at radius 1 is 1.41 bits per heavy atom. The highest BCUT2D eigenvalue weighted by Gasteiger charge is 2.19. The van der Waals surface area contributed by atoms with Crippen LogP contribution < -0.4 is 11.1 Å². The number of nitrogens with one attached hydrogen (secondary N) is 1. The molecule has 1 amide bonds. The van der Waals surface area contributed by atoms with Gasteiger partial charge in [0.1, 0.15) is 11.5 Å². The number of rotatable bonds is 4. The average molecular weight is 240 g/mol. The number of hydrogen-bond acceptors (Lipinski definition) is 4. The fraction of sp³-hybridized carbons (Fsp3) is 0.583. The van der Waals surface area contributed by atoms with Crippen LogP contribution in [0, 0.1) is 20.8 Å². The van der Waals surface area contributed by atoms with Gasteiger partial charge in [-0.15, -0.1) is 0 Å². The van der Waals surface area contributed by atoms with Gasteiger partial charge in [0.05, 0.1) is 11.7 Å². The summed E-state index contributed by atoms with van der Waals surface area (Å²) in [6.45, 7) is 7.24. The van der Waals surface area contributed by atoms with Crippen LogP contribution in [0.5, 0.6) is 0 Å². The van der Waals surface area contributed by atoms with Crippen molar-refractivity contribution in [2.75, 3.05) is 6.54 Å². The van der Waals surface area contributed by atoms with E-state index in [0.29, 0.717) is 11.3 Å². The van der Waals surface area contributed by atoms with E-state index in [0.717, 1.165) is 11.3 Å². The summed E-state index contributed by atoms with van der Waals surface area (Å²) in [6.07, 6.45) is -0.649. The summed E-state index contributed by atoms with van der Waals surface area (Å²) in [6, 6.07) is -0.465. The number of furan rings is 1. The van der Waals surface area contributed by atoms with Gasteiger partial charge in [0, 0.05) is 18.2 Å². The zero-order chi connectivity index (χ0) is 13.2. The molecule has 96 valence electrons. The lowest BCUT2D eigenvalue weighted by molar-refractivity contribution is 0.0935. The molecule has 0 saturated carbocycles. The molecule has 0 spiro atoms. The molecule has 0 fully saturated rings. The van der Waals surface area contributed by atoms with Crippen molar-refractivity contribution in [1.82, 2.24) is 5.32 Å². The number of aryl methyl sites for hydroxylation is 2. The predicted octanol–water partition coefficient (Wildman–Crippen LogP) is 0.643. The first-order valence-corrected chi connectivity index (χ1v) is 5.63. The molecule has 0 aliphatic carbocycles. The highest BCUT2D eigenvalue weighted by molar-refractivity contribution is 5.96. The normalized spacial score (nSPS) is 14.5. The van der Waals surface area contributed by atoms with Gasteiger partial charge >= 0.3 is 0 Å². The Morgan fingerprint density at radius 3 is 2.41 bits per heavy atom. The van der Waals surface area contributed by atoms with Crippen molar-refractivity contribution in [3.8, 4) is 0 Å². The molecular weight excluding hydrogens is 220 g/mol. The fourth-order valence-corrected chi connectivity index (χ4v) is 1.60. The topological polar surface area (TPSA) is 88.5 Å². The second kappa shape index (κ2) is 5.33. The van der Waals surface area contributed by atoms with E-state index in [2.05, 4.69) is 5.32 Å². The van der Waals surface area contributed by atoms with Crippen molar-refractivity contribution in [3.63, 3.8) is 0 Å². The number of carbonyl (C=O) groups excluding carboxylic acids is 1. The minimum Gasteiger partial charge on any atom is -0.466 e. The Morgan fingerprint density at radius 2 is 2.00 bits per heavy atom. The van der Waals surface area contributed by atoms with Crippen molar-refractivity contribution in [3.05, 3.63) is 22.6 Å². The van der Waals surface area contributed by atoms with Crippen molar-refractivity contribution in [2.45, 2.75) is 39.8 Å². The highest BCUT2D eigenvalue weighted by Crippen LogP contribution is 2.20. The van der Waals surface area contributed by atoms with Gasteiger partial charge in [0.15, 0.2) is 0 Å². The monoisotopic (exact) mass is 240 g/mol. The van der Waals surface area contributed by atoms with Gasteiger partial charge in [-0.1, -0.05) is 0 Å². The number of nitrogens with two attached hydrogens (primary N) is 1. The second-order valence-corrected chi connectivity index (χ2v) is 4.33. The van der Waals surface area contributed by atoms with Crippen molar-refractivity contribution in [1.29, 1.82) is 0 Å². The molecule has 0 radical (unpaired) electrons. The lowest BCUT2D eigenvalue weighted by Crippen LogP contribution is -2.43.